The molecule has 1 aromatic carbocycles. The molecule has 2 rings (SSSR count). The molecule has 0 saturated carbocycles. The number of nitrogens with zero attached hydrogens (tertiary/aromatic N) is 1. The number of rotatable bonds is 1. The summed E-state index contributed by atoms with van der Waals surface area (Å²) in [5, 5.41) is 0.246. The quantitative estimate of drug-likeness (QED) is 0.720. The summed E-state index contributed by atoms with van der Waals surface area (Å²) in [6, 6.07) is 4.08. The molecule has 1 amide bonds. The fraction of sp³-hybridized carbons (Fsp3) is 0.417. The van der Waals surface area contributed by atoms with Crippen molar-refractivity contribution < 1.29 is 9.18 Å². The molecular weight excluding hydrogens is 264 g/mol. The average molecular weight is 276 g/mol. The molecule has 1 heterocycles. The Hall–Kier alpha value is -0.800. The molecule has 1 aliphatic heterocycles. The van der Waals surface area contributed by atoms with Crippen molar-refractivity contribution >= 4 is 29.1 Å². The van der Waals surface area contributed by atoms with E-state index in [1.807, 2.05) is 0 Å². The van der Waals surface area contributed by atoms with E-state index in [9.17, 15) is 9.18 Å². The predicted octanol–water partition coefficient (Wildman–Crippen LogP) is 3.32. The van der Waals surface area contributed by atoms with E-state index in [0.717, 1.165) is 18.9 Å². The Kier molecular flexibility index (Phi) is 3.89. The minimum atomic E-state index is -0.584. The number of likely N-dealkylation sites (tertiary alicyclic amines) is 1. The van der Waals surface area contributed by atoms with E-state index in [2.05, 4.69) is 0 Å². The van der Waals surface area contributed by atoms with E-state index in [1.54, 1.807) is 4.90 Å². The van der Waals surface area contributed by atoms with Crippen LogP contribution in [-0.2, 0) is 0 Å². The van der Waals surface area contributed by atoms with Crippen molar-refractivity contribution in [2.24, 2.45) is 0 Å². The van der Waals surface area contributed by atoms with E-state index >= 15 is 0 Å². The van der Waals surface area contributed by atoms with Crippen molar-refractivity contribution in [1.29, 1.82) is 0 Å². The number of alkyl halides is 1. The maximum Gasteiger partial charge on any atom is 0.256 e. The third-order valence-electron chi connectivity index (χ3n) is 2.81. The molecule has 2 nitrogen and oxygen atoms in total. The zero-order valence-corrected chi connectivity index (χ0v) is 10.6. The average Bonchev–Trinajstić information content (AvgIpc) is 2.28. The van der Waals surface area contributed by atoms with E-state index in [-0.39, 0.29) is 21.9 Å². The standard InChI is InChI=1S/C12H12Cl2FNO/c13-8-3-4-10(11(15)6-8)12(17)16-5-1-2-9(14)7-16/h3-4,6,9H,1-2,5,7H2. The number of halogens is 3. The zero-order valence-electron chi connectivity index (χ0n) is 9.13. The predicted molar refractivity (Wildman–Crippen MR) is 66.2 cm³/mol. The van der Waals surface area contributed by atoms with Crippen LogP contribution in [0.4, 0.5) is 4.39 Å². The first-order valence-corrected chi connectivity index (χ1v) is 6.28. The van der Waals surface area contributed by atoms with Crippen molar-refractivity contribution in [2.75, 3.05) is 13.1 Å². The van der Waals surface area contributed by atoms with Crippen molar-refractivity contribution in [1.82, 2.24) is 4.90 Å². The lowest BCUT2D eigenvalue weighted by molar-refractivity contribution is 0.0722. The lowest BCUT2D eigenvalue weighted by Gasteiger charge is -2.29. The van der Waals surface area contributed by atoms with Gasteiger partial charge in [0, 0.05) is 18.1 Å². The van der Waals surface area contributed by atoms with Crippen LogP contribution >= 0.6 is 23.2 Å². The van der Waals surface area contributed by atoms with Gasteiger partial charge in [-0.3, -0.25) is 4.79 Å². The number of carbonyl (C=O) groups is 1. The normalized spacial score (nSPS) is 20.4. The molecule has 1 aliphatic rings. The summed E-state index contributed by atoms with van der Waals surface area (Å²) in [6.07, 6.45) is 1.75. The van der Waals surface area contributed by atoms with Gasteiger partial charge < -0.3 is 4.90 Å². The van der Waals surface area contributed by atoms with Gasteiger partial charge in [0.25, 0.3) is 5.91 Å². The minimum absolute atomic E-state index is 0.0388. The first kappa shape index (κ1) is 12.7. The first-order valence-electron chi connectivity index (χ1n) is 5.46. The van der Waals surface area contributed by atoms with Crippen LogP contribution in [0.15, 0.2) is 18.2 Å². The molecule has 0 spiro atoms. The van der Waals surface area contributed by atoms with Crippen LogP contribution in [0.1, 0.15) is 23.2 Å². The SMILES string of the molecule is O=C(c1ccc(Cl)cc1F)N1CCCC(Cl)C1. The van der Waals surface area contributed by atoms with Gasteiger partial charge >= 0.3 is 0 Å². The highest BCUT2D eigenvalue weighted by Gasteiger charge is 2.24. The van der Waals surface area contributed by atoms with E-state index in [4.69, 9.17) is 23.2 Å². The summed E-state index contributed by atoms with van der Waals surface area (Å²) in [7, 11) is 0. The van der Waals surface area contributed by atoms with Crippen LogP contribution in [0.25, 0.3) is 0 Å². The van der Waals surface area contributed by atoms with E-state index in [0.29, 0.717) is 13.1 Å². The molecule has 1 atom stereocenters. The Morgan fingerprint density at radius 1 is 1.47 bits per heavy atom. The largest absolute Gasteiger partial charge is 0.337 e. The summed E-state index contributed by atoms with van der Waals surface area (Å²) < 4.78 is 13.6. The number of hydrogen-bond donors (Lipinski definition) is 0. The highest BCUT2D eigenvalue weighted by atomic mass is 35.5. The molecule has 1 saturated heterocycles. The summed E-state index contributed by atoms with van der Waals surface area (Å²) in [4.78, 5) is 13.7. The van der Waals surface area contributed by atoms with Gasteiger partial charge in [-0.1, -0.05) is 11.6 Å². The lowest BCUT2D eigenvalue weighted by Crippen LogP contribution is -2.40. The van der Waals surface area contributed by atoms with Gasteiger partial charge in [-0.2, -0.15) is 0 Å². The zero-order chi connectivity index (χ0) is 12.4. The molecule has 1 unspecified atom stereocenters. The summed E-state index contributed by atoms with van der Waals surface area (Å²) >= 11 is 11.6. The second-order valence-corrected chi connectivity index (χ2v) is 5.17. The fourth-order valence-corrected chi connectivity index (χ4v) is 2.42. The van der Waals surface area contributed by atoms with Crippen LogP contribution in [0, 0.1) is 5.82 Å². The van der Waals surface area contributed by atoms with Gasteiger partial charge in [-0.25, -0.2) is 4.39 Å². The fourth-order valence-electron chi connectivity index (χ4n) is 1.94. The number of piperidine rings is 1. The van der Waals surface area contributed by atoms with E-state index < -0.39 is 5.82 Å². The van der Waals surface area contributed by atoms with Crippen molar-refractivity contribution in [2.45, 2.75) is 18.2 Å². The molecule has 5 heteroatoms. The third kappa shape index (κ3) is 2.90. The van der Waals surface area contributed by atoms with Crippen LogP contribution < -0.4 is 0 Å². The van der Waals surface area contributed by atoms with Crippen LogP contribution in [0.5, 0.6) is 0 Å². The molecule has 0 bridgehead atoms. The summed E-state index contributed by atoms with van der Waals surface area (Å²) in [5.74, 6) is -0.899. The topological polar surface area (TPSA) is 20.3 Å². The monoisotopic (exact) mass is 275 g/mol. The molecule has 0 N–H and O–H groups in total. The second-order valence-electron chi connectivity index (χ2n) is 4.11. The third-order valence-corrected chi connectivity index (χ3v) is 3.40. The molecule has 1 fully saturated rings. The van der Waals surface area contributed by atoms with Gasteiger partial charge in [0.15, 0.2) is 0 Å². The van der Waals surface area contributed by atoms with Crippen LogP contribution in [-0.4, -0.2) is 29.3 Å². The Morgan fingerprint density at radius 2 is 2.24 bits per heavy atom. The highest BCUT2D eigenvalue weighted by molar-refractivity contribution is 6.30. The van der Waals surface area contributed by atoms with Gasteiger partial charge in [-0.15, -0.1) is 11.6 Å². The number of carbonyl (C=O) groups excluding carboxylic acids is 1. The molecule has 1 aromatic rings. The Labute approximate surface area is 109 Å². The first-order chi connectivity index (χ1) is 8.08. The van der Waals surface area contributed by atoms with Crippen molar-refractivity contribution in [3.05, 3.63) is 34.6 Å². The Bertz CT molecular complexity index is 439. The second kappa shape index (κ2) is 5.23. The smallest absolute Gasteiger partial charge is 0.256 e. The molecule has 0 aromatic heterocycles. The molecule has 92 valence electrons. The molecule has 0 aliphatic carbocycles. The number of hydrogen-bond acceptors (Lipinski definition) is 1. The molecular formula is C12H12Cl2FNO. The van der Waals surface area contributed by atoms with E-state index in [1.165, 1.54) is 12.1 Å². The minimum Gasteiger partial charge on any atom is -0.337 e. The summed E-state index contributed by atoms with van der Waals surface area (Å²) in [5.41, 5.74) is 0.0557. The molecule has 0 radical (unpaired) electrons. The summed E-state index contributed by atoms with van der Waals surface area (Å²) in [6.45, 7) is 1.10. The van der Waals surface area contributed by atoms with Gasteiger partial charge in [0.05, 0.1) is 10.9 Å². The van der Waals surface area contributed by atoms with Crippen molar-refractivity contribution in [3.63, 3.8) is 0 Å². The van der Waals surface area contributed by atoms with Gasteiger partial charge in [0.2, 0.25) is 0 Å². The van der Waals surface area contributed by atoms with Crippen LogP contribution in [0.2, 0.25) is 5.02 Å². The Morgan fingerprint density at radius 3 is 2.88 bits per heavy atom. The molecule has 17 heavy (non-hydrogen) atoms. The van der Waals surface area contributed by atoms with Crippen molar-refractivity contribution in [3.8, 4) is 0 Å². The van der Waals surface area contributed by atoms with Gasteiger partial charge in [0.1, 0.15) is 5.82 Å². The number of benzene rings is 1. The maximum atomic E-state index is 13.6. The maximum absolute atomic E-state index is 13.6. The Balaban J connectivity index is 2.18. The van der Waals surface area contributed by atoms with Crippen LogP contribution in [0.3, 0.4) is 0 Å². The lowest BCUT2D eigenvalue weighted by atomic mass is 10.1. The number of amides is 1. The van der Waals surface area contributed by atoms with Gasteiger partial charge in [-0.05, 0) is 31.0 Å². The highest BCUT2D eigenvalue weighted by Crippen LogP contribution is 2.20.